The van der Waals surface area contributed by atoms with E-state index in [-0.39, 0.29) is 52.1 Å². The SMILES string of the molecule is Cc1oc(=O)oc1CN1C(C)CN(c2cc3c(cc2F)c(=O)c(C(=O)O)cn3C2CC2)CC1C.Cc1oc(=O)oc1CN1CCN(c2cc3c(cc2F)c(=O)c(C(=O)O)cn3C2CC2)CC1C. The van der Waals surface area contributed by atoms with Gasteiger partial charge in [-0.3, -0.25) is 19.4 Å². The summed E-state index contributed by atoms with van der Waals surface area (Å²) in [4.78, 5) is 79.4. The number of rotatable bonds is 10. The minimum atomic E-state index is -1.31. The lowest BCUT2D eigenvalue weighted by Gasteiger charge is -2.45. The largest absolute Gasteiger partial charge is 0.519 e. The highest BCUT2D eigenvalue weighted by atomic mass is 19.1. The Bertz CT molecular complexity index is 3180. The molecule has 2 saturated carbocycles. The molecule has 3 unspecified atom stereocenters. The molecule has 0 amide bonds. The predicted octanol–water partition coefficient (Wildman–Crippen LogP) is 5.87. The highest BCUT2D eigenvalue weighted by Gasteiger charge is 2.35. The Morgan fingerprint density at radius 1 is 0.612 bits per heavy atom. The maximum absolute atomic E-state index is 15.3. The molecular weight excluding hydrogens is 879 g/mol. The Balaban J connectivity index is 0.000000168. The van der Waals surface area contributed by atoms with Gasteiger partial charge < -0.3 is 46.8 Å². The van der Waals surface area contributed by atoms with E-state index in [1.165, 1.54) is 24.5 Å². The van der Waals surface area contributed by atoms with Gasteiger partial charge in [-0.15, -0.1) is 0 Å². The number of hydrogen-bond acceptors (Lipinski definition) is 14. The van der Waals surface area contributed by atoms with E-state index in [4.69, 9.17) is 17.7 Å². The third-order valence-electron chi connectivity index (χ3n) is 13.4. The van der Waals surface area contributed by atoms with Crippen LogP contribution in [0.5, 0.6) is 0 Å². The fourth-order valence-corrected chi connectivity index (χ4v) is 9.52. The van der Waals surface area contributed by atoms with Gasteiger partial charge >= 0.3 is 23.6 Å². The number of aromatic nitrogens is 2. The minimum absolute atomic E-state index is 0.0125. The first kappa shape index (κ1) is 45.4. The number of carboxylic acids is 2. The number of halogens is 2. The topological polar surface area (TPSA) is 218 Å². The molecule has 4 aromatic heterocycles. The van der Waals surface area contributed by atoms with Crippen molar-refractivity contribution >= 4 is 45.1 Å². The third kappa shape index (κ3) is 8.82. The molecule has 0 radical (unpaired) electrons. The number of nitrogens with zero attached hydrogens (tertiary/aromatic N) is 6. The number of piperazine rings is 2. The number of hydrogen-bond donors (Lipinski definition) is 2. The molecule has 2 aliphatic heterocycles. The average Bonchev–Trinajstić information content (AvgIpc) is 4.21. The lowest BCUT2D eigenvalue weighted by atomic mass is 10.0. The Morgan fingerprint density at radius 2 is 1.04 bits per heavy atom. The molecule has 20 heteroatoms. The van der Waals surface area contributed by atoms with Crippen LogP contribution in [0.1, 0.15) is 102 Å². The molecule has 6 heterocycles. The standard InChI is InChI=1S/C24H26FN3O6.C23H24FN3O6/c1-12-8-26(9-13(2)27(12)11-21-14(3)33-24(32)34-21)20-7-19-16(6-18(20)25)22(29)17(23(30)31)10-28(19)15-4-5-15;1-12-9-26(6-5-25(12)11-20-13(2)32-23(31)33-20)19-8-18-15(7-17(19)24)21(28)16(22(29)30)10-27(18)14-3-4-14/h6-7,10,12-13,15H,4-5,8-9,11H2,1-3H3,(H,30,31);7-8,10,12,14H,3-6,9,11H2,1-2H3,(H,29,30). The Hall–Kier alpha value is -6.80. The summed E-state index contributed by atoms with van der Waals surface area (Å²) in [5.74, 6) is -3.31. The van der Waals surface area contributed by atoms with Gasteiger partial charge in [0, 0.05) is 86.1 Å². The predicted molar refractivity (Wildman–Crippen MR) is 240 cm³/mol. The van der Waals surface area contributed by atoms with Gasteiger partial charge in [0.15, 0.2) is 11.5 Å². The highest BCUT2D eigenvalue weighted by molar-refractivity contribution is 5.94. The maximum Gasteiger partial charge on any atom is 0.519 e. The van der Waals surface area contributed by atoms with Crippen LogP contribution in [0.3, 0.4) is 0 Å². The highest BCUT2D eigenvalue weighted by Crippen LogP contribution is 2.40. The first-order chi connectivity index (χ1) is 31.9. The second kappa shape index (κ2) is 17.4. The van der Waals surface area contributed by atoms with E-state index in [1.54, 1.807) is 35.1 Å². The summed E-state index contributed by atoms with van der Waals surface area (Å²) in [6.45, 7) is 13.0. The molecule has 3 atom stereocenters. The molecule has 10 rings (SSSR count). The monoisotopic (exact) mass is 928 g/mol. The normalized spacial score (nSPS) is 20.4. The number of carbonyl (C=O) groups is 2. The lowest BCUT2D eigenvalue weighted by Crippen LogP contribution is -2.56. The molecule has 67 heavy (non-hydrogen) atoms. The van der Waals surface area contributed by atoms with Crippen molar-refractivity contribution in [3.8, 4) is 0 Å². The van der Waals surface area contributed by atoms with Crippen LogP contribution in [0.4, 0.5) is 20.2 Å². The number of benzene rings is 2. The number of carboxylic acid groups (broad SMARTS) is 2. The van der Waals surface area contributed by atoms with E-state index in [9.17, 15) is 39.0 Å². The second-order valence-electron chi connectivity index (χ2n) is 18.2. The van der Waals surface area contributed by atoms with E-state index in [0.29, 0.717) is 91.3 Å². The van der Waals surface area contributed by atoms with Crippen molar-refractivity contribution in [2.45, 2.75) is 104 Å². The van der Waals surface area contributed by atoms with Crippen molar-refractivity contribution in [1.29, 1.82) is 0 Å². The van der Waals surface area contributed by atoms with Gasteiger partial charge in [0.1, 0.15) is 34.3 Å². The number of fused-ring (bicyclic) bond motifs is 2. The van der Waals surface area contributed by atoms with E-state index in [1.807, 2.05) is 30.6 Å². The zero-order valence-electron chi connectivity index (χ0n) is 37.5. The summed E-state index contributed by atoms with van der Waals surface area (Å²) in [5, 5.41) is 19.0. The van der Waals surface area contributed by atoms with Gasteiger partial charge in [-0.1, -0.05) is 0 Å². The molecule has 2 N–H and O–H groups in total. The Labute approximate surface area is 379 Å². The van der Waals surface area contributed by atoms with Crippen molar-refractivity contribution in [2.75, 3.05) is 42.5 Å². The van der Waals surface area contributed by atoms with Crippen LogP contribution in [0.25, 0.3) is 21.8 Å². The summed E-state index contributed by atoms with van der Waals surface area (Å²) < 4.78 is 54.3. The lowest BCUT2D eigenvalue weighted by molar-refractivity contribution is 0.0684. The molecule has 4 aliphatic rings. The smallest absolute Gasteiger partial charge is 0.477 e. The van der Waals surface area contributed by atoms with Crippen molar-refractivity contribution in [1.82, 2.24) is 18.9 Å². The zero-order chi connectivity index (χ0) is 47.7. The molecule has 0 bridgehead atoms. The van der Waals surface area contributed by atoms with Gasteiger partial charge in [-0.05, 0) is 84.6 Å². The molecule has 18 nitrogen and oxygen atoms in total. The zero-order valence-corrected chi connectivity index (χ0v) is 37.5. The number of aryl methyl sites for hydroxylation is 2. The Kier molecular flexibility index (Phi) is 11.8. The van der Waals surface area contributed by atoms with Crippen LogP contribution in [0.2, 0.25) is 0 Å². The minimum Gasteiger partial charge on any atom is -0.477 e. The number of anilines is 2. The summed E-state index contributed by atoms with van der Waals surface area (Å²) in [7, 11) is 0. The van der Waals surface area contributed by atoms with Crippen LogP contribution in [0, 0.1) is 25.5 Å². The van der Waals surface area contributed by atoms with Crippen molar-refractivity contribution < 1.29 is 46.3 Å². The van der Waals surface area contributed by atoms with Crippen LogP contribution >= 0.6 is 0 Å². The van der Waals surface area contributed by atoms with Gasteiger partial charge in [-0.2, -0.15) is 0 Å². The first-order valence-corrected chi connectivity index (χ1v) is 22.3. The first-order valence-electron chi connectivity index (χ1n) is 22.3. The van der Waals surface area contributed by atoms with Crippen molar-refractivity contribution in [2.24, 2.45) is 0 Å². The second-order valence-corrected chi connectivity index (χ2v) is 18.2. The summed E-state index contributed by atoms with van der Waals surface area (Å²) >= 11 is 0. The van der Waals surface area contributed by atoms with E-state index < -0.39 is 46.1 Å². The van der Waals surface area contributed by atoms with Gasteiger partial charge in [-0.25, -0.2) is 28.0 Å². The van der Waals surface area contributed by atoms with Crippen LogP contribution in [-0.2, 0) is 13.1 Å². The fourth-order valence-electron chi connectivity index (χ4n) is 9.52. The van der Waals surface area contributed by atoms with E-state index in [0.717, 1.165) is 25.7 Å². The number of pyridine rings is 2. The maximum atomic E-state index is 15.3. The average molecular weight is 929 g/mol. The van der Waals surface area contributed by atoms with Gasteiger partial charge in [0.2, 0.25) is 10.9 Å². The molecule has 0 spiro atoms. The molecule has 6 aromatic rings. The summed E-state index contributed by atoms with van der Waals surface area (Å²) in [6.07, 6.45) is 6.33. The van der Waals surface area contributed by atoms with Crippen molar-refractivity contribution in [3.63, 3.8) is 0 Å². The van der Waals surface area contributed by atoms with Crippen LogP contribution in [-0.4, -0.2) is 91.9 Å². The van der Waals surface area contributed by atoms with Crippen LogP contribution in [0.15, 0.2) is 73.5 Å². The molecular formula is C47H50F2N6O12. The quantitative estimate of drug-likeness (QED) is 0.164. The number of aromatic carboxylic acids is 2. The third-order valence-corrected chi connectivity index (χ3v) is 13.4. The van der Waals surface area contributed by atoms with E-state index in [2.05, 4.69) is 9.80 Å². The fraction of sp³-hybridized carbons (Fsp3) is 0.447. The Morgan fingerprint density at radius 3 is 1.45 bits per heavy atom. The summed E-state index contributed by atoms with van der Waals surface area (Å²) in [5.41, 5.74) is -0.162. The molecule has 2 aromatic carbocycles. The molecule has 4 fully saturated rings. The summed E-state index contributed by atoms with van der Waals surface area (Å²) in [6, 6.07) is 5.96. The molecule has 2 aliphatic carbocycles. The molecule has 354 valence electrons. The van der Waals surface area contributed by atoms with Gasteiger partial charge in [0.05, 0.1) is 35.5 Å². The van der Waals surface area contributed by atoms with Gasteiger partial charge in [0.25, 0.3) is 0 Å². The van der Waals surface area contributed by atoms with Crippen molar-refractivity contribution in [3.05, 3.63) is 124 Å². The molecule has 2 saturated heterocycles. The van der Waals surface area contributed by atoms with E-state index >= 15 is 8.78 Å². The van der Waals surface area contributed by atoms with Crippen LogP contribution < -0.4 is 32.3 Å².